The lowest BCUT2D eigenvalue weighted by molar-refractivity contribution is 0.477. The number of aliphatic imine (C=N–C) groups is 1. The number of rotatable bonds is 4. The van der Waals surface area contributed by atoms with Crippen LogP contribution in [0.25, 0.3) is 27.9 Å². The summed E-state index contributed by atoms with van der Waals surface area (Å²) in [6, 6.07) is 13.8. The summed E-state index contributed by atoms with van der Waals surface area (Å²) in [6.45, 7) is 2.62. The van der Waals surface area contributed by atoms with Crippen molar-refractivity contribution in [1.82, 2.24) is 15.3 Å². The minimum absolute atomic E-state index is 0.169. The molecule has 3 aromatic rings. The maximum atomic E-state index is 10.5. The van der Waals surface area contributed by atoms with Crippen LogP contribution in [0, 0.1) is 0 Å². The van der Waals surface area contributed by atoms with E-state index >= 15 is 0 Å². The molecule has 1 aromatic heterocycles. The number of phenols is 1. The standard InChI is InChI=1S/C22H21N5O/c28-20-6-5-14(15-7-9-23-12-15)11-18(20)22-26-19-4-2-1-3-17(19)21(27-22)25-16-8-10-24-13-16/h1-7,11-12,16,24,28H,8-10,13H2,(H,25,26,27)/t16-/m0/s1. The number of benzene rings is 2. The third-order valence-electron chi connectivity index (χ3n) is 5.22. The minimum atomic E-state index is 0.169. The Labute approximate surface area is 163 Å². The molecule has 0 spiro atoms. The molecule has 2 aliphatic rings. The zero-order chi connectivity index (χ0) is 18.9. The molecule has 1 saturated heterocycles. The summed E-state index contributed by atoms with van der Waals surface area (Å²) in [6.07, 6.45) is 4.98. The molecule has 6 nitrogen and oxygen atoms in total. The van der Waals surface area contributed by atoms with Crippen molar-refractivity contribution in [1.29, 1.82) is 0 Å². The van der Waals surface area contributed by atoms with E-state index in [1.807, 2.05) is 42.6 Å². The minimum Gasteiger partial charge on any atom is -0.507 e. The van der Waals surface area contributed by atoms with Gasteiger partial charge in [-0.2, -0.15) is 0 Å². The lowest BCUT2D eigenvalue weighted by atomic mass is 10.0. The van der Waals surface area contributed by atoms with Gasteiger partial charge < -0.3 is 15.7 Å². The van der Waals surface area contributed by atoms with Gasteiger partial charge in [-0.3, -0.25) is 4.99 Å². The maximum absolute atomic E-state index is 10.5. The second kappa shape index (κ2) is 7.05. The van der Waals surface area contributed by atoms with Gasteiger partial charge in [0.05, 0.1) is 17.6 Å². The summed E-state index contributed by atoms with van der Waals surface area (Å²) in [7, 11) is 0. The number of hydrogen-bond donors (Lipinski definition) is 3. The van der Waals surface area contributed by atoms with Crippen molar-refractivity contribution in [3.8, 4) is 17.1 Å². The first-order chi connectivity index (χ1) is 13.8. The number of nitrogens with one attached hydrogen (secondary N) is 2. The SMILES string of the molecule is Oc1ccc(C2=CCN=C2)cc1-c1nc(N[C@H]2CCNC2)c2ccccc2n1. The van der Waals surface area contributed by atoms with Crippen LogP contribution in [0.5, 0.6) is 5.75 Å². The molecule has 0 aliphatic carbocycles. The Morgan fingerprint density at radius 2 is 2.04 bits per heavy atom. The van der Waals surface area contributed by atoms with E-state index in [1.165, 1.54) is 0 Å². The van der Waals surface area contributed by atoms with Gasteiger partial charge in [0.25, 0.3) is 0 Å². The summed E-state index contributed by atoms with van der Waals surface area (Å²) in [4.78, 5) is 13.8. The van der Waals surface area contributed by atoms with Crippen LogP contribution in [-0.2, 0) is 0 Å². The van der Waals surface area contributed by atoms with E-state index in [4.69, 9.17) is 9.97 Å². The summed E-state index contributed by atoms with van der Waals surface area (Å²) in [5, 5.41) is 18.4. The van der Waals surface area contributed by atoms with E-state index < -0.39 is 0 Å². The van der Waals surface area contributed by atoms with Crippen LogP contribution >= 0.6 is 0 Å². The predicted molar refractivity (Wildman–Crippen MR) is 113 cm³/mol. The molecule has 0 unspecified atom stereocenters. The topological polar surface area (TPSA) is 82.4 Å². The highest BCUT2D eigenvalue weighted by molar-refractivity contribution is 6.11. The fourth-order valence-electron chi connectivity index (χ4n) is 3.72. The van der Waals surface area contributed by atoms with Crippen LogP contribution in [0.15, 0.2) is 53.5 Å². The molecule has 0 bridgehead atoms. The van der Waals surface area contributed by atoms with Gasteiger partial charge in [0, 0.05) is 24.2 Å². The smallest absolute Gasteiger partial charge is 0.165 e. The number of phenolic OH excluding ortho intramolecular Hbond substituents is 1. The highest BCUT2D eigenvalue weighted by Gasteiger charge is 2.18. The van der Waals surface area contributed by atoms with Gasteiger partial charge in [-0.15, -0.1) is 0 Å². The largest absolute Gasteiger partial charge is 0.507 e. The number of nitrogens with zero attached hydrogens (tertiary/aromatic N) is 3. The van der Waals surface area contributed by atoms with Crippen molar-refractivity contribution in [2.45, 2.75) is 12.5 Å². The molecule has 2 aromatic carbocycles. The Morgan fingerprint density at radius 1 is 1.11 bits per heavy atom. The Hall–Kier alpha value is -3.25. The molecular weight excluding hydrogens is 350 g/mol. The maximum Gasteiger partial charge on any atom is 0.165 e. The molecule has 2 aliphatic heterocycles. The van der Waals surface area contributed by atoms with Gasteiger partial charge in [-0.1, -0.05) is 24.3 Å². The van der Waals surface area contributed by atoms with Crippen LogP contribution in [0.2, 0.25) is 0 Å². The zero-order valence-electron chi connectivity index (χ0n) is 15.4. The first kappa shape index (κ1) is 16.9. The van der Waals surface area contributed by atoms with Crippen molar-refractivity contribution in [2.75, 3.05) is 25.0 Å². The van der Waals surface area contributed by atoms with Crippen molar-refractivity contribution < 1.29 is 5.11 Å². The number of para-hydroxylation sites is 1. The summed E-state index contributed by atoms with van der Waals surface area (Å²) in [5.41, 5.74) is 3.53. The number of aromatic nitrogens is 2. The number of anilines is 1. The first-order valence-electron chi connectivity index (χ1n) is 9.56. The predicted octanol–water partition coefficient (Wildman–Crippen LogP) is 3.24. The van der Waals surface area contributed by atoms with Gasteiger partial charge in [-0.25, -0.2) is 9.97 Å². The third kappa shape index (κ3) is 3.12. The molecule has 0 saturated carbocycles. The third-order valence-corrected chi connectivity index (χ3v) is 5.22. The number of aromatic hydroxyl groups is 1. The Kier molecular flexibility index (Phi) is 4.25. The monoisotopic (exact) mass is 371 g/mol. The van der Waals surface area contributed by atoms with Crippen molar-refractivity contribution in [3.05, 3.63) is 54.1 Å². The molecule has 0 radical (unpaired) electrons. The molecule has 3 N–H and O–H groups in total. The summed E-state index contributed by atoms with van der Waals surface area (Å²) >= 11 is 0. The van der Waals surface area contributed by atoms with Crippen LogP contribution in [0.3, 0.4) is 0 Å². The molecular formula is C22H21N5O. The van der Waals surface area contributed by atoms with E-state index in [1.54, 1.807) is 6.07 Å². The summed E-state index contributed by atoms with van der Waals surface area (Å²) in [5.74, 6) is 1.49. The van der Waals surface area contributed by atoms with Crippen molar-refractivity contribution in [3.63, 3.8) is 0 Å². The van der Waals surface area contributed by atoms with Crippen molar-refractivity contribution >= 4 is 28.5 Å². The summed E-state index contributed by atoms with van der Waals surface area (Å²) < 4.78 is 0. The molecule has 1 atom stereocenters. The van der Waals surface area contributed by atoms with Crippen LogP contribution in [-0.4, -0.2) is 47.0 Å². The van der Waals surface area contributed by atoms with Gasteiger partial charge >= 0.3 is 0 Å². The van der Waals surface area contributed by atoms with Gasteiger partial charge in [0.1, 0.15) is 11.6 Å². The molecule has 1 fully saturated rings. The highest BCUT2D eigenvalue weighted by Crippen LogP contribution is 2.33. The van der Waals surface area contributed by atoms with Crippen LogP contribution in [0.1, 0.15) is 12.0 Å². The normalized spacial score (nSPS) is 18.6. The average molecular weight is 371 g/mol. The molecule has 0 amide bonds. The fraction of sp³-hybridized carbons (Fsp3) is 0.227. The first-order valence-corrected chi connectivity index (χ1v) is 9.56. The van der Waals surface area contributed by atoms with Crippen LogP contribution in [0.4, 0.5) is 5.82 Å². The number of hydrogen-bond acceptors (Lipinski definition) is 6. The average Bonchev–Trinajstić information content (AvgIpc) is 3.42. The second-order valence-corrected chi connectivity index (χ2v) is 7.13. The lowest BCUT2D eigenvalue weighted by Crippen LogP contribution is -2.23. The number of fused-ring (bicyclic) bond motifs is 1. The van der Waals surface area contributed by atoms with E-state index in [0.717, 1.165) is 47.4 Å². The fourth-order valence-corrected chi connectivity index (χ4v) is 3.72. The zero-order valence-corrected chi connectivity index (χ0v) is 15.4. The van der Waals surface area contributed by atoms with E-state index in [-0.39, 0.29) is 5.75 Å². The Balaban J connectivity index is 1.62. The Morgan fingerprint density at radius 3 is 2.86 bits per heavy atom. The quantitative estimate of drug-likeness (QED) is 0.656. The lowest BCUT2D eigenvalue weighted by Gasteiger charge is -2.16. The van der Waals surface area contributed by atoms with E-state index in [0.29, 0.717) is 24.0 Å². The highest BCUT2D eigenvalue weighted by atomic mass is 16.3. The van der Waals surface area contributed by atoms with Gasteiger partial charge in [0.15, 0.2) is 5.82 Å². The van der Waals surface area contributed by atoms with Crippen LogP contribution < -0.4 is 10.6 Å². The van der Waals surface area contributed by atoms with E-state index in [2.05, 4.69) is 21.7 Å². The molecule has 5 rings (SSSR count). The van der Waals surface area contributed by atoms with Gasteiger partial charge in [-0.05, 0) is 48.4 Å². The molecule has 3 heterocycles. The molecule has 140 valence electrons. The molecule has 6 heteroatoms. The van der Waals surface area contributed by atoms with Crippen molar-refractivity contribution in [2.24, 2.45) is 4.99 Å². The second-order valence-electron chi connectivity index (χ2n) is 7.13. The van der Waals surface area contributed by atoms with E-state index in [9.17, 15) is 5.11 Å². The Bertz CT molecular complexity index is 1100. The van der Waals surface area contributed by atoms with Gasteiger partial charge in [0.2, 0.25) is 0 Å². The molecule has 28 heavy (non-hydrogen) atoms. The number of allylic oxidation sites excluding steroid dienone is 1.